The molecular weight excluding hydrogens is 426 g/mol. The highest BCUT2D eigenvalue weighted by Crippen LogP contribution is 2.27. The highest BCUT2D eigenvalue weighted by molar-refractivity contribution is 7.89. The summed E-state index contributed by atoms with van der Waals surface area (Å²) in [4.78, 5) is 17.0. The largest absolute Gasteiger partial charge is 0.495 e. The van der Waals surface area contributed by atoms with Crippen LogP contribution in [-0.4, -0.2) is 70.5 Å². The number of hydrogen-bond acceptors (Lipinski definition) is 5. The molecule has 30 heavy (non-hydrogen) atoms. The van der Waals surface area contributed by atoms with Gasteiger partial charge in [-0.2, -0.15) is 4.72 Å². The highest BCUT2D eigenvalue weighted by atomic mass is 35.5. The molecule has 1 amide bonds. The predicted octanol–water partition coefficient (Wildman–Crippen LogP) is 2.01. The summed E-state index contributed by atoms with van der Waals surface area (Å²) >= 11 is 6.02. The fourth-order valence-corrected chi connectivity index (χ4v) is 5.01. The van der Waals surface area contributed by atoms with Crippen molar-refractivity contribution in [3.8, 4) is 5.75 Å². The van der Waals surface area contributed by atoms with Crippen molar-refractivity contribution in [3.05, 3.63) is 59.1 Å². The Balaban J connectivity index is 1.90. The number of carbonyl (C=O) groups is 1. The lowest BCUT2D eigenvalue weighted by atomic mass is 10.1. The molecule has 162 valence electrons. The molecule has 1 aliphatic rings. The molecule has 1 unspecified atom stereocenters. The van der Waals surface area contributed by atoms with E-state index in [1.807, 2.05) is 37.4 Å². The third-order valence-electron chi connectivity index (χ3n) is 5.11. The topological polar surface area (TPSA) is 78.9 Å². The second kappa shape index (κ2) is 9.78. The van der Waals surface area contributed by atoms with E-state index >= 15 is 0 Å². The van der Waals surface area contributed by atoms with Gasteiger partial charge in [-0.05, 0) is 37.2 Å². The first-order valence-corrected chi connectivity index (χ1v) is 11.5. The van der Waals surface area contributed by atoms with Crippen molar-refractivity contribution in [1.29, 1.82) is 0 Å². The molecule has 1 fully saturated rings. The van der Waals surface area contributed by atoms with E-state index in [9.17, 15) is 13.2 Å². The molecule has 0 radical (unpaired) electrons. The minimum Gasteiger partial charge on any atom is -0.495 e. The Morgan fingerprint density at radius 3 is 2.43 bits per heavy atom. The number of methoxy groups -OCH3 is 1. The lowest BCUT2D eigenvalue weighted by molar-refractivity contribution is -0.134. The molecule has 0 aliphatic carbocycles. The molecule has 0 spiro atoms. The number of halogens is 1. The number of carbonyl (C=O) groups excluding carboxylic acids is 1. The van der Waals surface area contributed by atoms with Crippen molar-refractivity contribution in [2.24, 2.45) is 0 Å². The third kappa shape index (κ3) is 5.51. The van der Waals surface area contributed by atoms with Gasteiger partial charge in [-0.1, -0.05) is 41.9 Å². The van der Waals surface area contributed by atoms with E-state index in [2.05, 4.69) is 9.62 Å². The molecule has 1 atom stereocenters. The molecule has 2 aromatic carbocycles. The van der Waals surface area contributed by atoms with E-state index in [1.54, 1.807) is 11.0 Å². The molecule has 1 saturated heterocycles. The standard InChI is InChI=1S/C21H26ClN3O4S/c1-24-10-12-25(13-11-24)21(26)18(14-16-6-4-3-5-7-16)23-30(27,28)20-15-17(22)8-9-19(20)29-2/h3-9,15,18,23H,10-14H2,1-2H3. The Bertz CT molecular complexity index is 977. The minimum atomic E-state index is -4.06. The van der Waals surface area contributed by atoms with Crippen LogP contribution in [0.1, 0.15) is 5.56 Å². The Morgan fingerprint density at radius 2 is 1.80 bits per heavy atom. The van der Waals surface area contributed by atoms with Gasteiger partial charge in [-0.15, -0.1) is 0 Å². The summed E-state index contributed by atoms with van der Waals surface area (Å²) in [5, 5.41) is 0.265. The highest BCUT2D eigenvalue weighted by Gasteiger charge is 2.32. The van der Waals surface area contributed by atoms with Gasteiger partial charge in [-0.3, -0.25) is 4.79 Å². The minimum absolute atomic E-state index is 0.0956. The quantitative estimate of drug-likeness (QED) is 0.696. The Morgan fingerprint density at radius 1 is 1.13 bits per heavy atom. The maximum Gasteiger partial charge on any atom is 0.245 e. The summed E-state index contributed by atoms with van der Waals surface area (Å²) in [7, 11) is -0.671. The van der Waals surface area contributed by atoms with Crippen LogP contribution >= 0.6 is 11.6 Å². The Kier molecular flexibility index (Phi) is 7.36. The smallest absolute Gasteiger partial charge is 0.245 e. The summed E-state index contributed by atoms with van der Waals surface area (Å²) in [6, 6.07) is 12.8. The van der Waals surface area contributed by atoms with E-state index < -0.39 is 16.1 Å². The van der Waals surface area contributed by atoms with Crippen molar-refractivity contribution >= 4 is 27.5 Å². The number of hydrogen-bond donors (Lipinski definition) is 1. The molecule has 0 bridgehead atoms. The predicted molar refractivity (Wildman–Crippen MR) is 116 cm³/mol. The van der Waals surface area contributed by atoms with Crippen LogP contribution in [0.5, 0.6) is 5.75 Å². The molecule has 2 aromatic rings. The molecule has 1 N–H and O–H groups in total. The maximum atomic E-state index is 13.3. The SMILES string of the molecule is COc1ccc(Cl)cc1S(=O)(=O)NC(Cc1ccccc1)C(=O)N1CCN(C)CC1. The van der Waals surface area contributed by atoms with E-state index in [-0.39, 0.29) is 28.0 Å². The molecule has 3 rings (SSSR count). The van der Waals surface area contributed by atoms with Gasteiger partial charge in [-0.25, -0.2) is 8.42 Å². The number of nitrogens with zero attached hydrogens (tertiary/aromatic N) is 2. The third-order valence-corrected chi connectivity index (χ3v) is 6.84. The van der Waals surface area contributed by atoms with Crippen molar-refractivity contribution in [1.82, 2.24) is 14.5 Å². The second-order valence-electron chi connectivity index (χ2n) is 7.29. The maximum absolute atomic E-state index is 13.3. The van der Waals surface area contributed by atoms with Gasteiger partial charge < -0.3 is 14.5 Å². The van der Waals surface area contributed by atoms with Crippen LogP contribution < -0.4 is 9.46 Å². The first kappa shape index (κ1) is 22.6. The molecule has 0 saturated carbocycles. The monoisotopic (exact) mass is 451 g/mol. The number of likely N-dealkylation sites (N-methyl/N-ethyl adjacent to an activating group) is 1. The van der Waals surface area contributed by atoms with Gasteiger partial charge in [0.2, 0.25) is 15.9 Å². The first-order chi connectivity index (χ1) is 14.3. The average molecular weight is 452 g/mol. The zero-order valence-corrected chi connectivity index (χ0v) is 18.6. The molecular formula is C21H26ClN3O4S. The lowest BCUT2D eigenvalue weighted by Crippen LogP contribution is -2.54. The number of ether oxygens (including phenoxy) is 1. The Hall–Kier alpha value is -2.13. The van der Waals surface area contributed by atoms with E-state index in [1.165, 1.54) is 19.2 Å². The van der Waals surface area contributed by atoms with E-state index in [0.717, 1.165) is 18.7 Å². The number of rotatable bonds is 7. The first-order valence-electron chi connectivity index (χ1n) is 9.67. The lowest BCUT2D eigenvalue weighted by Gasteiger charge is -2.34. The molecule has 1 heterocycles. The van der Waals surface area contributed by atoms with Gasteiger partial charge in [0, 0.05) is 31.2 Å². The van der Waals surface area contributed by atoms with Crippen LogP contribution in [0.3, 0.4) is 0 Å². The van der Waals surface area contributed by atoms with Crippen LogP contribution in [0.2, 0.25) is 5.02 Å². The van der Waals surface area contributed by atoms with Gasteiger partial charge in [0.1, 0.15) is 16.7 Å². The summed E-state index contributed by atoms with van der Waals surface area (Å²) < 4.78 is 34.1. The van der Waals surface area contributed by atoms with E-state index in [4.69, 9.17) is 16.3 Å². The summed E-state index contributed by atoms with van der Waals surface area (Å²) in [6.45, 7) is 2.61. The molecule has 0 aromatic heterocycles. The van der Waals surface area contributed by atoms with Gasteiger partial charge in [0.15, 0.2) is 0 Å². The number of nitrogens with one attached hydrogen (secondary N) is 1. The fourth-order valence-electron chi connectivity index (χ4n) is 3.39. The van der Waals surface area contributed by atoms with Gasteiger partial charge in [0.25, 0.3) is 0 Å². The summed E-state index contributed by atoms with van der Waals surface area (Å²) in [5.41, 5.74) is 0.866. The molecule has 1 aliphatic heterocycles. The summed E-state index contributed by atoms with van der Waals surface area (Å²) in [5.74, 6) is -0.0751. The van der Waals surface area contributed by atoms with Crippen LogP contribution in [0.15, 0.2) is 53.4 Å². The van der Waals surface area contributed by atoms with Crippen molar-refractivity contribution < 1.29 is 17.9 Å². The number of benzene rings is 2. The normalized spacial score (nSPS) is 16.3. The van der Waals surface area contributed by atoms with Gasteiger partial charge in [0.05, 0.1) is 7.11 Å². The molecule has 9 heteroatoms. The van der Waals surface area contributed by atoms with Crippen LogP contribution in [0, 0.1) is 0 Å². The zero-order chi connectivity index (χ0) is 21.7. The average Bonchev–Trinajstić information content (AvgIpc) is 2.74. The second-order valence-corrected chi connectivity index (χ2v) is 9.41. The van der Waals surface area contributed by atoms with Gasteiger partial charge >= 0.3 is 0 Å². The van der Waals surface area contributed by atoms with Crippen LogP contribution in [-0.2, 0) is 21.2 Å². The molecule has 7 nitrogen and oxygen atoms in total. The fraction of sp³-hybridized carbons (Fsp3) is 0.381. The number of piperazine rings is 1. The van der Waals surface area contributed by atoms with Crippen molar-refractivity contribution in [2.75, 3.05) is 40.3 Å². The van der Waals surface area contributed by atoms with Crippen LogP contribution in [0.4, 0.5) is 0 Å². The zero-order valence-electron chi connectivity index (χ0n) is 17.0. The Labute approximate surface area is 182 Å². The number of sulfonamides is 1. The van der Waals surface area contributed by atoms with E-state index in [0.29, 0.717) is 13.1 Å². The number of amides is 1. The summed E-state index contributed by atoms with van der Waals surface area (Å²) in [6.07, 6.45) is 0.244. The van der Waals surface area contributed by atoms with Crippen molar-refractivity contribution in [3.63, 3.8) is 0 Å². The van der Waals surface area contributed by atoms with Crippen molar-refractivity contribution in [2.45, 2.75) is 17.4 Å². The van der Waals surface area contributed by atoms with Crippen LogP contribution in [0.25, 0.3) is 0 Å².